The number of benzene rings is 2. The number of carbonyl (C=O) groups excluding carboxylic acids is 2. The van der Waals surface area contributed by atoms with Gasteiger partial charge in [-0.3, -0.25) is 9.59 Å². The van der Waals surface area contributed by atoms with E-state index in [0.29, 0.717) is 16.8 Å². The quantitative estimate of drug-likeness (QED) is 0.855. The maximum atomic E-state index is 12.7. The third kappa shape index (κ3) is 3.97. The highest BCUT2D eigenvalue weighted by atomic mass is 16.2. The molecule has 23 heavy (non-hydrogen) atoms. The molecule has 2 aromatic rings. The molecule has 2 amide bonds. The molecule has 0 saturated carbocycles. The van der Waals surface area contributed by atoms with Gasteiger partial charge >= 0.3 is 0 Å². The predicted octanol–water partition coefficient (Wildman–Crippen LogP) is 3.62. The van der Waals surface area contributed by atoms with Crippen molar-refractivity contribution in [1.29, 1.82) is 0 Å². The largest absolute Gasteiger partial charge is 0.366 e. The van der Waals surface area contributed by atoms with Crippen LogP contribution in [0.5, 0.6) is 0 Å². The first kappa shape index (κ1) is 16.7. The lowest BCUT2D eigenvalue weighted by Gasteiger charge is -2.18. The van der Waals surface area contributed by atoms with E-state index in [4.69, 9.17) is 5.73 Å². The van der Waals surface area contributed by atoms with Crippen molar-refractivity contribution >= 4 is 17.5 Å². The number of primary amides is 1. The summed E-state index contributed by atoms with van der Waals surface area (Å²) in [5.74, 6) is -0.771. The van der Waals surface area contributed by atoms with Crippen molar-refractivity contribution in [1.82, 2.24) is 0 Å². The van der Waals surface area contributed by atoms with Crippen LogP contribution < -0.4 is 11.1 Å². The van der Waals surface area contributed by atoms with Gasteiger partial charge in [-0.05, 0) is 36.6 Å². The Bertz CT molecular complexity index is 696. The summed E-state index contributed by atoms with van der Waals surface area (Å²) in [4.78, 5) is 24.1. The van der Waals surface area contributed by atoms with Crippen LogP contribution >= 0.6 is 0 Å². The van der Waals surface area contributed by atoms with Crippen molar-refractivity contribution in [2.75, 3.05) is 5.32 Å². The van der Waals surface area contributed by atoms with Crippen LogP contribution in [0, 0.1) is 6.92 Å². The van der Waals surface area contributed by atoms with E-state index >= 15 is 0 Å². The van der Waals surface area contributed by atoms with Crippen LogP contribution in [-0.4, -0.2) is 11.8 Å². The Labute approximate surface area is 136 Å². The van der Waals surface area contributed by atoms with E-state index in [9.17, 15) is 9.59 Å². The van der Waals surface area contributed by atoms with Gasteiger partial charge in [-0.2, -0.15) is 0 Å². The molecule has 0 bridgehead atoms. The van der Waals surface area contributed by atoms with Crippen LogP contribution in [0.1, 0.15) is 47.2 Å². The first-order valence-corrected chi connectivity index (χ1v) is 7.79. The summed E-state index contributed by atoms with van der Waals surface area (Å²) in [7, 11) is 0. The lowest BCUT2D eigenvalue weighted by molar-refractivity contribution is -0.117. The molecule has 0 aromatic heterocycles. The van der Waals surface area contributed by atoms with Crippen molar-refractivity contribution in [3.63, 3.8) is 0 Å². The van der Waals surface area contributed by atoms with Crippen LogP contribution in [0.3, 0.4) is 0 Å². The summed E-state index contributed by atoms with van der Waals surface area (Å²) < 4.78 is 0. The van der Waals surface area contributed by atoms with Crippen LogP contribution in [0.25, 0.3) is 0 Å². The minimum atomic E-state index is -0.494. The van der Waals surface area contributed by atoms with Crippen LogP contribution in [0.4, 0.5) is 5.69 Å². The molecule has 2 rings (SSSR count). The van der Waals surface area contributed by atoms with Gasteiger partial charge in [0.25, 0.3) is 0 Å². The molecule has 1 atom stereocenters. The number of anilines is 1. The Morgan fingerprint density at radius 3 is 2.39 bits per heavy atom. The summed E-state index contributed by atoms with van der Waals surface area (Å²) in [6.07, 6.45) is 1.68. The summed E-state index contributed by atoms with van der Waals surface area (Å²) in [5, 5.41) is 2.94. The molecule has 0 saturated heterocycles. The van der Waals surface area contributed by atoms with Crippen molar-refractivity contribution in [2.45, 2.75) is 32.6 Å². The molecule has 2 aromatic carbocycles. The van der Waals surface area contributed by atoms with Crippen molar-refractivity contribution in [2.24, 2.45) is 5.73 Å². The Hall–Kier alpha value is -2.62. The first-order valence-electron chi connectivity index (χ1n) is 7.79. The Morgan fingerprint density at radius 1 is 1.09 bits per heavy atom. The fourth-order valence-corrected chi connectivity index (χ4v) is 2.68. The second-order valence-corrected chi connectivity index (χ2v) is 5.58. The number of carbonyl (C=O) groups is 2. The lowest BCUT2D eigenvalue weighted by Crippen LogP contribution is -2.22. The van der Waals surface area contributed by atoms with Gasteiger partial charge in [-0.15, -0.1) is 0 Å². The molecule has 0 aliphatic rings. The zero-order chi connectivity index (χ0) is 16.8. The Morgan fingerprint density at radius 2 is 1.78 bits per heavy atom. The van der Waals surface area contributed by atoms with Gasteiger partial charge in [-0.25, -0.2) is 0 Å². The van der Waals surface area contributed by atoms with Crippen LogP contribution in [-0.2, 0) is 4.79 Å². The van der Waals surface area contributed by atoms with Gasteiger partial charge in [0.05, 0.1) is 5.92 Å². The SMILES string of the molecule is CCCC(C(=O)Nc1cccc(C(N)=O)c1C)c1ccccc1. The van der Waals surface area contributed by atoms with Crippen molar-refractivity contribution in [3.8, 4) is 0 Å². The standard InChI is InChI=1S/C19H22N2O2/c1-3-8-16(14-9-5-4-6-10-14)19(23)21-17-12-7-11-15(13(17)2)18(20)22/h4-7,9-12,16H,3,8H2,1-2H3,(H2,20,22)(H,21,23). The molecule has 0 radical (unpaired) electrons. The van der Waals surface area contributed by atoms with E-state index in [1.165, 1.54) is 0 Å². The smallest absolute Gasteiger partial charge is 0.249 e. The number of hydrogen-bond acceptors (Lipinski definition) is 2. The zero-order valence-corrected chi connectivity index (χ0v) is 13.5. The number of nitrogens with one attached hydrogen (secondary N) is 1. The molecule has 0 heterocycles. The Kier molecular flexibility index (Phi) is 5.52. The predicted molar refractivity (Wildman–Crippen MR) is 92.4 cm³/mol. The monoisotopic (exact) mass is 310 g/mol. The summed E-state index contributed by atoms with van der Waals surface area (Å²) in [5.41, 5.74) is 8.10. The number of amides is 2. The third-order valence-electron chi connectivity index (χ3n) is 3.95. The zero-order valence-electron chi connectivity index (χ0n) is 13.5. The molecule has 3 N–H and O–H groups in total. The van der Waals surface area contributed by atoms with E-state index in [2.05, 4.69) is 12.2 Å². The molecular weight excluding hydrogens is 288 g/mol. The molecule has 1 unspecified atom stereocenters. The fraction of sp³-hybridized carbons (Fsp3) is 0.263. The molecular formula is C19H22N2O2. The lowest BCUT2D eigenvalue weighted by atomic mass is 9.93. The van der Waals surface area contributed by atoms with E-state index in [1.54, 1.807) is 25.1 Å². The second-order valence-electron chi connectivity index (χ2n) is 5.58. The molecule has 120 valence electrons. The van der Waals surface area contributed by atoms with E-state index in [1.807, 2.05) is 30.3 Å². The van der Waals surface area contributed by atoms with Gasteiger partial charge < -0.3 is 11.1 Å². The second kappa shape index (κ2) is 7.58. The average molecular weight is 310 g/mol. The van der Waals surface area contributed by atoms with Gasteiger partial charge in [-0.1, -0.05) is 49.7 Å². The molecule has 0 aliphatic heterocycles. The van der Waals surface area contributed by atoms with Crippen LogP contribution in [0.15, 0.2) is 48.5 Å². The van der Waals surface area contributed by atoms with Crippen LogP contribution in [0.2, 0.25) is 0 Å². The number of hydrogen-bond donors (Lipinski definition) is 2. The number of rotatable bonds is 6. The van der Waals surface area contributed by atoms with E-state index in [0.717, 1.165) is 18.4 Å². The molecule has 4 nitrogen and oxygen atoms in total. The minimum absolute atomic E-state index is 0.0669. The maximum absolute atomic E-state index is 12.7. The van der Waals surface area contributed by atoms with Gasteiger partial charge in [0.15, 0.2) is 0 Å². The first-order chi connectivity index (χ1) is 11.0. The molecule has 4 heteroatoms. The van der Waals surface area contributed by atoms with E-state index in [-0.39, 0.29) is 11.8 Å². The number of nitrogens with two attached hydrogens (primary N) is 1. The average Bonchev–Trinajstić information content (AvgIpc) is 2.55. The summed E-state index contributed by atoms with van der Waals surface area (Å²) in [6, 6.07) is 14.9. The van der Waals surface area contributed by atoms with Gasteiger partial charge in [0.1, 0.15) is 0 Å². The highest BCUT2D eigenvalue weighted by Crippen LogP contribution is 2.25. The fourth-order valence-electron chi connectivity index (χ4n) is 2.68. The topological polar surface area (TPSA) is 72.2 Å². The highest BCUT2D eigenvalue weighted by Gasteiger charge is 2.20. The molecule has 0 aliphatic carbocycles. The highest BCUT2D eigenvalue weighted by molar-refractivity contribution is 6.00. The van der Waals surface area contributed by atoms with Crippen molar-refractivity contribution in [3.05, 3.63) is 65.2 Å². The third-order valence-corrected chi connectivity index (χ3v) is 3.95. The normalized spacial score (nSPS) is 11.7. The molecule has 0 spiro atoms. The minimum Gasteiger partial charge on any atom is -0.366 e. The summed E-state index contributed by atoms with van der Waals surface area (Å²) >= 11 is 0. The Balaban J connectivity index is 2.26. The van der Waals surface area contributed by atoms with Crippen molar-refractivity contribution < 1.29 is 9.59 Å². The maximum Gasteiger partial charge on any atom is 0.249 e. The summed E-state index contributed by atoms with van der Waals surface area (Å²) in [6.45, 7) is 3.84. The molecule has 0 fully saturated rings. The van der Waals surface area contributed by atoms with Gasteiger partial charge in [0.2, 0.25) is 11.8 Å². The van der Waals surface area contributed by atoms with Gasteiger partial charge in [0, 0.05) is 11.3 Å². The van der Waals surface area contributed by atoms with E-state index < -0.39 is 5.91 Å².